The molecule has 4 rings (SSSR count). The Balaban J connectivity index is 1.32. The number of carbonyl (C=O) groups excluding carboxylic acids is 2. The molecule has 0 aromatic heterocycles. The molecule has 0 saturated heterocycles. The molecular weight excluding hydrogens is 472 g/mol. The molecule has 0 heterocycles. The summed E-state index contributed by atoms with van der Waals surface area (Å²) in [6, 6.07) is 20.6. The SMILES string of the molecule is O=C(O)COCCNC(=O)c1ccc(NC(=O)OCC2c3ccccc3-c3ccccc32)c(Cl)c1. The largest absolute Gasteiger partial charge is 0.480 e. The molecule has 0 spiro atoms. The van der Waals surface area contributed by atoms with Gasteiger partial charge in [0, 0.05) is 18.0 Å². The molecule has 1 aliphatic carbocycles. The fraction of sp³-hybridized carbons (Fsp3) is 0.192. The third kappa shape index (κ3) is 5.79. The summed E-state index contributed by atoms with van der Waals surface area (Å²) in [5.41, 5.74) is 5.10. The predicted molar refractivity (Wildman–Crippen MR) is 131 cm³/mol. The molecule has 0 fully saturated rings. The Hall–Kier alpha value is -3.88. The van der Waals surface area contributed by atoms with Gasteiger partial charge in [-0.1, -0.05) is 60.1 Å². The lowest BCUT2D eigenvalue weighted by atomic mass is 9.98. The maximum atomic E-state index is 12.5. The van der Waals surface area contributed by atoms with Crippen LogP contribution >= 0.6 is 11.6 Å². The standard InChI is InChI=1S/C26H23ClN2O6/c27-22-13-16(25(32)28-11-12-34-15-24(30)31)9-10-23(22)29-26(33)35-14-21-19-7-3-1-5-17(19)18-6-2-4-8-20(18)21/h1-10,13,21H,11-12,14-15H2,(H,28,32)(H,29,33)(H,30,31). The minimum atomic E-state index is -1.08. The van der Waals surface area contributed by atoms with Crippen molar-refractivity contribution in [2.24, 2.45) is 0 Å². The molecule has 180 valence electrons. The van der Waals surface area contributed by atoms with Crippen LogP contribution in [0.4, 0.5) is 10.5 Å². The number of fused-ring (bicyclic) bond motifs is 3. The highest BCUT2D eigenvalue weighted by Crippen LogP contribution is 2.44. The van der Waals surface area contributed by atoms with Crippen molar-refractivity contribution in [3.63, 3.8) is 0 Å². The van der Waals surface area contributed by atoms with Crippen molar-refractivity contribution in [1.82, 2.24) is 5.32 Å². The van der Waals surface area contributed by atoms with Gasteiger partial charge in [-0.15, -0.1) is 0 Å². The summed E-state index contributed by atoms with van der Waals surface area (Å²) in [7, 11) is 0. The topological polar surface area (TPSA) is 114 Å². The van der Waals surface area contributed by atoms with Gasteiger partial charge in [0.15, 0.2) is 0 Å². The van der Waals surface area contributed by atoms with E-state index in [2.05, 4.69) is 22.8 Å². The van der Waals surface area contributed by atoms with Crippen LogP contribution < -0.4 is 10.6 Å². The van der Waals surface area contributed by atoms with Crippen LogP contribution in [0.2, 0.25) is 5.02 Å². The van der Waals surface area contributed by atoms with Gasteiger partial charge in [0.2, 0.25) is 0 Å². The molecule has 0 saturated carbocycles. The van der Waals surface area contributed by atoms with Gasteiger partial charge in [-0.25, -0.2) is 9.59 Å². The number of nitrogens with one attached hydrogen (secondary N) is 2. The quantitative estimate of drug-likeness (QED) is 0.376. The molecule has 2 amide bonds. The third-order valence-corrected chi connectivity index (χ3v) is 5.88. The van der Waals surface area contributed by atoms with Gasteiger partial charge in [-0.3, -0.25) is 10.1 Å². The van der Waals surface area contributed by atoms with Crippen LogP contribution in [0.25, 0.3) is 11.1 Å². The van der Waals surface area contributed by atoms with Crippen LogP contribution in [0.3, 0.4) is 0 Å². The summed E-state index contributed by atoms with van der Waals surface area (Å²) < 4.78 is 10.4. The van der Waals surface area contributed by atoms with Gasteiger partial charge in [0.25, 0.3) is 5.91 Å². The molecule has 8 nitrogen and oxygen atoms in total. The minimum absolute atomic E-state index is 0.0610. The first kappa shape index (κ1) is 24.3. The van der Waals surface area contributed by atoms with E-state index in [4.69, 9.17) is 26.2 Å². The molecule has 0 atom stereocenters. The fourth-order valence-corrected chi connectivity index (χ4v) is 4.23. The second-order valence-electron chi connectivity index (χ2n) is 7.85. The summed E-state index contributed by atoms with van der Waals surface area (Å²) in [4.78, 5) is 35.1. The average Bonchev–Trinajstić information content (AvgIpc) is 3.17. The zero-order valence-electron chi connectivity index (χ0n) is 18.6. The number of carboxylic acid groups (broad SMARTS) is 1. The van der Waals surface area contributed by atoms with E-state index >= 15 is 0 Å². The van der Waals surface area contributed by atoms with Gasteiger partial charge in [-0.05, 0) is 40.5 Å². The maximum Gasteiger partial charge on any atom is 0.411 e. The molecule has 0 aliphatic heterocycles. The normalized spacial score (nSPS) is 11.9. The van der Waals surface area contributed by atoms with Gasteiger partial charge < -0.3 is 19.9 Å². The van der Waals surface area contributed by atoms with Gasteiger partial charge in [0.05, 0.1) is 17.3 Å². The van der Waals surface area contributed by atoms with Crippen molar-refractivity contribution in [3.8, 4) is 11.1 Å². The summed E-state index contributed by atoms with van der Waals surface area (Å²) in [6.07, 6.45) is -0.651. The first-order chi connectivity index (χ1) is 16.9. The number of rotatable bonds is 9. The Bertz CT molecular complexity index is 1220. The van der Waals surface area contributed by atoms with Gasteiger partial charge in [0.1, 0.15) is 13.2 Å². The third-order valence-electron chi connectivity index (χ3n) is 5.57. The lowest BCUT2D eigenvalue weighted by molar-refractivity contribution is -0.142. The molecule has 9 heteroatoms. The Morgan fingerprint density at radius 2 is 1.60 bits per heavy atom. The zero-order chi connectivity index (χ0) is 24.8. The van der Waals surface area contributed by atoms with Crippen molar-refractivity contribution in [1.29, 1.82) is 0 Å². The highest BCUT2D eigenvalue weighted by atomic mass is 35.5. The van der Waals surface area contributed by atoms with Crippen molar-refractivity contribution < 1.29 is 29.0 Å². The van der Waals surface area contributed by atoms with E-state index < -0.39 is 24.6 Å². The average molecular weight is 495 g/mol. The molecule has 0 bridgehead atoms. The highest BCUT2D eigenvalue weighted by Gasteiger charge is 2.29. The molecule has 3 aromatic rings. The number of benzene rings is 3. The van der Waals surface area contributed by atoms with E-state index in [1.807, 2.05) is 36.4 Å². The van der Waals surface area contributed by atoms with E-state index in [1.165, 1.54) is 18.2 Å². The molecule has 3 aromatic carbocycles. The number of amides is 2. The molecule has 3 N–H and O–H groups in total. The van der Waals surface area contributed by atoms with Crippen LogP contribution in [-0.2, 0) is 14.3 Å². The molecule has 0 radical (unpaired) electrons. The van der Waals surface area contributed by atoms with Crippen molar-refractivity contribution in [2.45, 2.75) is 5.92 Å². The highest BCUT2D eigenvalue weighted by molar-refractivity contribution is 6.34. The number of halogens is 1. The van der Waals surface area contributed by atoms with Crippen LogP contribution in [0, 0.1) is 0 Å². The van der Waals surface area contributed by atoms with E-state index in [9.17, 15) is 14.4 Å². The molecule has 0 unspecified atom stereocenters. The van der Waals surface area contributed by atoms with Gasteiger partial charge in [-0.2, -0.15) is 0 Å². The Morgan fingerprint density at radius 3 is 2.23 bits per heavy atom. The van der Waals surface area contributed by atoms with E-state index in [0.717, 1.165) is 22.3 Å². The number of anilines is 1. The summed E-state index contributed by atoms with van der Waals surface area (Å²) in [5.74, 6) is -1.55. The molecular formula is C26H23ClN2O6. The molecule has 35 heavy (non-hydrogen) atoms. The summed E-state index contributed by atoms with van der Waals surface area (Å²) in [5, 5.41) is 13.9. The van der Waals surface area contributed by atoms with Crippen molar-refractivity contribution in [3.05, 3.63) is 88.4 Å². The minimum Gasteiger partial charge on any atom is -0.480 e. The van der Waals surface area contributed by atoms with E-state index in [-0.39, 0.29) is 36.3 Å². The number of aliphatic carboxylic acids is 1. The Labute approximate surface area is 206 Å². The fourth-order valence-electron chi connectivity index (χ4n) is 4.00. The second-order valence-corrected chi connectivity index (χ2v) is 8.25. The van der Waals surface area contributed by atoms with Crippen LogP contribution in [0.1, 0.15) is 27.4 Å². The van der Waals surface area contributed by atoms with Crippen LogP contribution in [-0.4, -0.2) is 49.4 Å². The summed E-state index contributed by atoms with van der Waals surface area (Å²) in [6.45, 7) is -0.0590. The van der Waals surface area contributed by atoms with Crippen molar-refractivity contribution >= 4 is 35.3 Å². The zero-order valence-corrected chi connectivity index (χ0v) is 19.4. The van der Waals surface area contributed by atoms with Crippen LogP contribution in [0.15, 0.2) is 66.7 Å². The number of ether oxygens (including phenoxy) is 2. The Kier molecular flexibility index (Phi) is 7.64. The maximum absolute atomic E-state index is 12.5. The lowest BCUT2D eigenvalue weighted by Gasteiger charge is -2.15. The summed E-state index contributed by atoms with van der Waals surface area (Å²) >= 11 is 6.26. The first-order valence-electron chi connectivity index (χ1n) is 10.9. The van der Waals surface area contributed by atoms with Crippen molar-refractivity contribution in [2.75, 3.05) is 31.7 Å². The molecule has 1 aliphatic rings. The predicted octanol–water partition coefficient (Wildman–Crippen LogP) is 4.53. The monoisotopic (exact) mass is 494 g/mol. The number of carboxylic acids is 1. The van der Waals surface area contributed by atoms with E-state index in [0.29, 0.717) is 5.69 Å². The number of hydrogen-bond acceptors (Lipinski definition) is 5. The lowest BCUT2D eigenvalue weighted by Crippen LogP contribution is -2.28. The van der Waals surface area contributed by atoms with E-state index in [1.54, 1.807) is 0 Å². The Morgan fingerprint density at radius 1 is 0.943 bits per heavy atom. The number of carbonyl (C=O) groups is 3. The second kappa shape index (κ2) is 11.0. The van der Waals surface area contributed by atoms with Crippen LogP contribution in [0.5, 0.6) is 0 Å². The smallest absolute Gasteiger partial charge is 0.411 e. The van der Waals surface area contributed by atoms with Gasteiger partial charge >= 0.3 is 12.1 Å². The number of hydrogen-bond donors (Lipinski definition) is 3. The first-order valence-corrected chi connectivity index (χ1v) is 11.3.